The van der Waals surface area contributed by atoms with Crippen LogP contribution in [0.4, 0.5) is 5.69 Å². The average Bonchev–Trinajstić information content (AvgIpc) is 2.75. The van der Waals surface area contributed by atoms with Gasteiger partial charge in [-0.15, -0.1) is 0 Å². The fourth-order valence-corrected chi connectivity index (χ4v) is 2.96. The number of amides is 1. The lowest BCUT2D eigenvalue weighted by Crippen LogP contribution is -2.17. The van der Waals surface area contributed by atoms with Gasteiger partial charge in [-0.05, 0) is 76.7 Å². The van der Waals surface area contributed by atoms with Gasteiger partial charge >= 0.3 is 0 Å². The summed E-state index contributed by atoms with van der Waals surface area (Å²) in [4.78, 5) is 22.3. The quantitative estimate of drug-likeness (QED) is 0.224. The molecular weight excluding hydrogens is 499 g/mol. The van der Waals surface area contributed by atoms with E-state index < -0.39 is 4.92 Å². The van der Waals surface area contributed by atoms with Crippen molar-refractivity contribution in [1.29, 1.82) is 5.26 Å². The third kappa shape index (κ3) is 5.39. The van der Waals surface area contributed by atoms with Crippen LogP contribution in [0.1, 0.15) is 21.5 Å². The normalized spacial score (nSPS) is 10.4. The van der Waals surface area contributed by atoms with Gasteiger partial charge in [0.05, 0.1) is 11.1 Å². The first-order valence-corrected chi connectivity index (χ1v) is 9.59. The van der Waals surface area contributed by atoms with Crippen LogP contribution in [0, 0.1) is 25.0 Å². The Balaban J connectivity index is 1.64. The van der Waals surface area contributed by atoms with Crippen molar-refractivity contribution in [3.63, 3.8) is 0 Å². The fourth-order valence-electron chi connectivity index (χ4n) is 2.42. The van der Waals surface area contributed by atoms with E-state index in [0.29, 0.717) is 11.3 Å². The number of benzene rings is 3. The molecule has 0 saturated carbocycles. The molecule has 3 aromatic rings. The van der Waals surface area contributed by atoms with E-state index in [1.54, 1.807) is 42.5 Å². The molecule has 0 radical (unpaired) electrons. The second-order valence-electron chi connectivity index (χ2n) is 5.93. The van der Waals surface area contributed by atoms with Gasteiger partial charge in [0.15, 0.2) is 0 Å². The highest BCUT2D eigenvalue weighted by molar-refractivity contribution is 14.1. The summed E-state index contributed by atoms with van der Waals surface area (Å²) < 4.78 is 6.59. The molecule has 0 fully saturated rings. The highest BCUT2D eigenvalue weighted by atomic mass is 127. The third-order valence-corrected chi connectivity index (χ3v) is 4.54. The van der Waals surface area contributed by atoms with Gasteiger partial charge in [-0.2, -0.15) is 10.4 Å². The summed E-state index contributed by atoms with van der Waals surface area (Å²) in [6.07, 6.45) is 1.49. The molecule has 0 aliphatic carbocycles. The van der Waals surface area contributed by atoms with E-state index in [9.17, 15) is 20.2 Å². The number of ether oxygens (including phenoxy) is 1. The van der Waals surface area contributed by atoms with Crippen LogP contribution in [0.3, 0.4) is 0 Å². The number of non-ortho nitro benzene ring substituents is 1. The topological polar surface area (TPSA) is 118 Å². The number of nitro groups is 1. The Labute approximate surface area is 185 Å². The first-order valence-electron chi connectivity index (χ1n) is 8.51. The summed E-state index contributed by atoms with van der Waals surface area (Å²) in [6.45, 7) is 0. The average molecular weight is 512 g/mol. The smallest absolute Gasteiger partial charge is 0.271 e. The predicted octanol–water partition coefficient (Wildman–Crippen LogP) is 4.63. The van der Waals surface area contributed by atoms with Gasteiger partial charge in [0, 0.05) is 21.3 Å². The molecule has 3 rings (SSSR count). The Hall–Kier alpha value is -3.78. The second kappa shape index (κ2) is 9.62. The molecule has 0 aromatic heterocycles. The van der Waals surface area contributed by atoms with E-state index in [1.165, 1.54) is 18.3 Å². The van der Waals surface area contributed by atoms with Gasteiger partial charge in [-0.25, -0.2) is 5.43 Å². The number of nitro benzene ring substituents is 1. The zero-order chi connectivity index (χ0) is 21.5. The van der Waals surface area contributed by atoms with Crippen LogP contribution in [0.2, 0.25) is 0 Å². The van der Waals surface area contributed by atoms with Gasteiger partial charge in [0.25, 0.3) is 11.6 Å². The standard InChI is InChI=1S/C21H13IN4O4/c22-17-3-1-2-15(10-17)21(27)25-24-13-14-4-7-19(8-5-14)30-20-9-6-18(26(28)29)11-16(20)12-23/h1-11,13H,(H,25,27)/b24-13-. The molecule has 0 aliphatic heterocycles. The molecule has 1 amide bonds. The van der Waals surface area contributed by atoms with Gasteiger partial charge in [-0.3, -0.25) is 14.9 Å². The maximum absolute atomic E-state index is 12.1. The molecular formula is C21H13IN4O4. The van der Waals surface area contributed by atoms with Gasteiger partial charge in [0.1, 0.15) is 23.1 Å². The number of carbonyl (C=O) groups excluding carboxylic acids is 1. The molecule has 1 N–H and O–H groups in total. The first kappa shape index (κ1) is 20.9. The number of nitriles is 1. The van der Waals surface area contributed by atoms with E-state index in [0.717, 1.165) is 15.2 Å². The Bertz CT molecular complexity index is 1170. The Kier molecular flexibility index (Phi) is 6.71. The molecule has 0 atom stereocenters. The minimum Gasteiger partial charge on any atom is -0.456 e. The van der Waals surface area contributed by atoms with Crippen LogP contribution in [0.5, 0.6) is 11.5 Å². The van der Waals surface area contributed by atoms with Crippen molar-refractivity contribution in [2.24, 2.45) is 5.10 Å². The van der Waals surface area contributed by atoms with E-state index in [4.69, 9.17) is 4.74 Å². The highest BCUT2D eigenvalue weighted by Crippen LogP contribution is 2.28. The van der Waals surface area contributed by atoms with Crippen molar-refractivity contribution in [1.82, 2.24) is 5.43 Å². The highest BCUT2D eigenvalue weighted by Gasteiger charge is 2.12. The first-order chi connectivity index (χ1) is 14.5. The minimum absolute atomic E-state index is 0.0631. The number of carbonyl (C=O) groups is 1. The number of halogens is 1. The van der Waals surface area contributed by atoms with Crippen LogP contribution < -0.4 is 10.2 Å². The molecule has 0 spiro atoms. The van der Waals surface area contributed by atoms with Crippen molar-refractivity contribution < 1.29 is 14.5 Å². The van der Waals surface area contributed by atoms with Crippen molar-refractivity contribution in [2.75, 3.05) is 0 Å². The number of nitrogens with zero attached hydrogens (tertiary/aromatic N) is 3. The van der Waals surface area contributed by atoms with Gasteiger partial charge in [-0.1, -0.05) is 6.07 Å². The lowest BCUT2D eigenvalue weighted by atomic mass is 10.2. The molecule has 0 saturated heterocycles. The van der Waals surface area contributed by atoms with Crippen LogP contribution in [-0.2, 0) is 0 Å². The van der Waals surface area contributed by atoms with Crippen molar-refractivity contribution >= 4 is 40.4 Å². The number of hydrogen-bond donors (Lipinski definition) is 1. The third-order valence-electron chi connectivity index (χ3n) is 3.87. The minimum atomic E-state index is -0.573. The molecule has 0 unspecified atom stereocenters. The number of hydrazone groups is 1. The summed E-state index contributed by atoms with van der Waals surface area (Å²) in [5.41, 5.74) is 3.57. The number of hydrogen-bond acceptors (Lipinski definition) is 6. The van der Waals surface area contributed by atoms with Gasteiger partial charge in [0.2, 0.25) is 0 Å². The number of rotatable bonds is 6. The molecule has 3 aromatic carbocycles. The molecule has 9 heteroatoms. The molecule has 8 nitrogen and oxygen atoms in total. The zero-order valence-corrected chi connectivity index (χ0v) is 17.4. The molecule has 0 aliphatic rings. The monoisotopic (exact) mass is 512 g/mol. The Morgan fingerprint density at radius 1 is 1.17 bits per heavy atom. The maximum Gasteiger partial charge on any atom is 0.271 e. The van der Waals surface area contributed by atoms with E-state index in [-0.39, 0.29) is 22.9 Å². The molecule has 30 heavy (non-hydrogen) atoms. The van der Waals surface area contributed by atoms with Crippen molar-refractivity contribution in [2.45, 2.75) is 0 Å². The number of nitrogens with one attached hydrogen (secondary N) is 1. The summed E-state index contributed by atoms with van der Waals surface area (Å²) in [7, 11) is 0. The maximum atomic E-state index is 12.1. The lowest BCUT2D eigenvalue weighted by molar-refractivity contribution is -0.384. The summed E-state index contributed by atoms with van der Waals surface area (Å²) in [5, 5.41) is 23.9. The predicted molar refractivity (Wildman–Crippen MR) is 119 cm³/mol. The zero-order valence-electron chi connectivity index (χ0n) is 15.3. The summed E-state index contributed by atoms with van der Waals surface area (Å²) in [6, 6.07) is 19.6. The van der Waals surface area contributed by atoms with E-state index >= 15 is 0 Å². The van der Waals surface area contributed by atoms with E-state index in [2.05, 4.69) is 33.1 Å². The molecule has 148 valence electrons. The SMILES string of the molecule is N#Cc1cc([N+](=O)[O-])ccc1Oc1ccc(/C=N\NC(=O)c2cccc(I)c2)cc1. The van der Waals surface area contributed by atoms with E-state index in [1.807, 2.05) is 12.1 Å². The fraction of sp³-hybridized carbons (Fsp3) is 0. The summed E-state index contributed by atoms with van der Waals surface area (Å²) >= 11 is 2.13. The largest absolute Gasteiger partial charge is 0.456 e. The van der Waals surface area contributed by atoms with Crippen LogP contribution in [0.15, 0.2) is 71.8 Å². The van der Waals surface area contributed by atoms with Crippen molar-refractivity contribution in [3.8, 4) is 17.6 Å². The molecule has 0 heterocycles. The van der Waals surface area contributed by atoms with Crippen LogP contribution >= 0.6 is 22.6 Å². The van der Waals surface area contributed by atoms with Crippen LogP contribution in [0.25, 0.3) is 0 Å². The second-order valence-corrected chi connectivity index (χ2v) is 7.18. The van der Waals surface area contributed by atoms with Crippen LogP contribution in [-0.4, -0.2) is 17.0 Å². The molecule has 0 bridgehead atoms. The summed E-state index contributed by atoms with van der Waals surface area (Å²) in [5.74, 6) is 0.349. The Morgan fingerprint density at radius 2 is 1.93 bits per heavy atom. The Morgan fingerprint density at radius 3 is 2.60 bits per heavy atom. The van der Waals surface area contributed by atoms with Crippen molar-refractivity contribution in [3.05, 3.63) is 97.1 Å². The lowest BCUT2D eigenvalue weighted by Gasteiger charge is -2.07. The van der Waals surface area contributed by atoms with Gasteiger partial charge < -0.3 is 4.74 Å².